The van der Waals surface area contributed by atoms with Crippen LogP contribution in [0.4, 0.5) is 10.7 Å². The molecule has 0 radical (unpaired) electrons. The largest absolute Gasteiger partial charge is 0.481 e. The number of carbonyl (C=O) groups excluding carboxylic acids is 1. The van der Waals surface area contributed by atoms with E-state index in [9.17, 15) is 21.6 Å². The lowest BCUT2D eigenvalue weighted by Gasteiger charge is -2.15. The molecule has 0 unspecified atom stereocenters. The first-order chi connectivity index (χ1) is 13.4. The van der Waals surface area contributed by atoms with E-state index in [0.29, 0.717) is 5.69 Å². The Morgan fingerprint density at radius 3 is 2.38 bits per heavy atom. The number of benzene rings is 1. The van der Waals surface area contributed by atoms with Crippen LogP contribution < -0.4 is 19.0 Å². The summed E-state index contributed by atoms with van der Waals surface area (Å²) in [7, 11) is -4.90. The molecule has 0 aliphatic rings. The fraction of sp³-hybridized carbons (Fsp3) is 0.267. The summed E-state index contributed by atoms with van der Waals surface area (Å²) in [5.74, 6) is -0.493. The van der Waals surface area contributed by atoms with Crippen LogP contribution in [0.15, 0.2) is 35.2 Å². The number of methoxy groups -OCH3 is 1. The number of amides is 2. The summed E-state index contributed by atoms with van der Waals surface area (Å²) in [5, 5.41) is 2.17. The van der Waals surface area contributed by atoms with E-state index in [4.69, 9.17) is 8.92 Å². The Morgan fingerprint density at radius 1 is 1.10 bits per heavy atom. The Kier molecular flexibility index (Phi) is 6.61. The summed E-state index contributed by atoms with van der Waals surface area (Å²) in [4.78, 5) is 19.4. The highest BCUT2D eigenvalue weighted by atomic mass is 32.2. The molecule has 0 bridgehead atoms. The standard InChI is InChI=1S/C15H19N5O7S2/c1-10-9-13(26-4)17-14(16-10)18-15(21)19-28(22,23)12-8-6-5-7-11(12)27-29(24,25)20(2)3/h5-9H,1-4H3,(H2,16,17,18,19,21). The first kappa shape index (κ1) is 22.3. The molecule has 2 rings (SSSR count). The average molecular weight is 445 g/mol. The summed E-state index contributed by atoms with van der Waals surface area (Å²) < 4.78 is 61.3. The monoisotopic (exact) mass is 445 g/mol. The van der Waals surface area contributed by atoms with Gasteiger partial charge in [-0.1, -0.05) is 12.1 Å². The minimum atomic E-state index is -4.49. The maximum atomic E-state index is 12.6. The molecule has 14 heteroatoms. The molecular weight excluding hydrogens is 426 g/mol. The number of hydrogen-bond donors (Lipinski definition) is 2. The molecule has 2 amide bonds. The fourth-order valence-electron chi connectivity index (χ4n) is 1.93. The lowest BCUT2D eigenvalue weighted by atomic mass is 10.3. The minimum Gasteiger partial charge on any atom is -0.481 e. The summed E-state index contributed by atoms with van der Waals surface area (Å²) >= 11 is 0. The van der Waals surface area contributed by atoms with E-state index in [2.05, 4.69) is 15.3 Å². The van der Waals surface area contributed by atoms with E-state index in [1.807, 2.05) is 0 Å². The van der Waals surface area contributed by atoms with Gasteiger partial charge < -0.3 is 8.92 Å². The fourth-order valence-corrected chi connectivity index (χ4v) is 3.54. The highest BCUT2D eigenvalue weighted by Crippen LogP contribution is 2.25. The molecule has 29 heavy (non-hydrogen) atoms. The minimum absolute atomic E-state index is 0.170. The Balaban J connectivity index is 2.26. The molecule has 1 heterocycles. The van der Waals surface area contributed by atoms with Crippen molar-refractivity contribution in [1.29, 1.82) is 0 Å². The maximum Gasteiger partial charge on any atom is 0.384 e. The number of anilines is 1. The van der Waals surface area contributed by atoms with Gasteiger partial charge in [0, 0.05) is 25.9 Å². The number of carbonyl (C=O) groups is 1. The van der Waals surface area contributed by atoms with Crippen molar-refractivity contribution >= 4 is 32.3 Å². The molecule has 12 nitrogen and oxygen atoms in total. The van der Waals surface area contributed by atoms with Crippen molar-refractivity contribution in [2.45, 2.75) is 11.8 Å². The van der Waals surface area contributed by atoms with Crippen LogP contribution >= 0.6 is 0 Å². The summed E-state index contributed by atoms with van der Waals surface area (Å²) in [6.45, 7) is 1.63. The van der Waals surface area contributed by atoms with E-state index >= 15 is 0 Å². The first-order valence-electron chi connectivity index (χ1n) is 7.89. The van der Waals surface area contributed by atoms with Crippen LogP contribution in [-0.2, 0) is 20.3 Å². The zero-order valence-corrected chi connectivity index (χ0v) is 17.5. The van der Waals surface area contributed by atoms with Crippen LogP contribution in [0.5, 0.6) is 11.6 Å². The molecule has 1 aromatic carbocycles. The van der Waals surface area contributed by atoms with Crippen LogP contribution in [0.25, 0.3) is 0 Å². The summed E-state index contributed by atoms with van der Waals surface area (Å²) in [6, 6.07) is 5.30. The van der Waals surface area contributed by atoms with Crippen LogP contribution in [0.3, 0.4) is 0 Å². The number of ether oxygens (including phenoxy) is 1. The molecule has 0 saturated carbocycles. The lowest BCUT2D eigenvalue weighted by molar-refractivity contribution is 0.256. The van der Waals surface area contributed by atoms with Gasteiger partial charge in [0.25, 0.3) is 10.0 Å². The molecule has 0 atom stereocenters. The van der Waals surface area contributed by atoms with Crippen molar-refractivity contribution in [3.63, 3.8) is 0 Å². The van der Waals surface area contributed by atoms with Gasteiger partial charge in [-0.05, 0) is 19.1 Å². The molecule has 0 aliphatic heterocycles. The van der Waals surface area contributed by atoms with Crippen molar-refractivity contribution in [1.82, 2.24) is 19.0 Å². The predicted molar refractivity (Wildman–Crippen MR) is 102 cm³/mol. The summed E-state index contributed by atoms with van der Waals surface area (Å²) in [5.41, 5.74) is 0.475. The summed E-state index contributed by atoms with van der Waals surface area (Å²) in [6.07, 6.45) is 0. The van der Waals surface area contributed by atoms with E-state index in [1.54, 1.807) is 11.6 Å². The third-order valence-corrected chi connectivity index (χ3v) is 5.93. The maximum absolute atomic E-state index is 12.6. The number of urea groups is 1. The number of aromatic nitrogens is 2. The highest BCUT2D eigenvalue weighted by Gasteiger charge is 2.26. The van der Waals surface area contributed by atoms with Crippen molar-refractivity contribution < 1.29 is 30.6 Å². The van der Waals surface area contributed by atoms with Crippen LogP contribution in [0, 0.1) is 6.92 Å². The highest BCUT2D eigenvalue weighted by molar-refractivity contribution is 7.90. The zero-order valence-electron chi connectivity index (χ0n) is 15.9. The predicted octanol–water partition coefficient (Wildman–Crippen LogP) is 0.489. The van der Waals surface area contributed by atoms with E-state index < -0.39 is 37.0 Å². The Bertz CT molecular complexity index is 1120. The number of hydrogen-bond acceptors (Lipinski definition) is 9. The second kappa shape index (κ2) is 8.59. The molecule has 0 aliphatic carbocycles. The van der Waals surface area contributed by atoms with Gasteiger partial charge >= 0.3 is 16.3 Å². The number of nitrogens with one attached hydrogen (secondary N) is 2. The van der Waals surface area contributed by atoms with Crippen molar-refractivity contribution in [3.8, 4) is 11.6 Å². The molecule has 2 aromatic rings. The van der Waals surface area contributed by atoms with Gasteiger partial charge in [0.15, 0.2) is 5.75 Å². The van der Waals surface area contributed by atoms with Gasteiger partial charge in [-0.25, -0.2) is 22.9 Å². The van der Waals surface area contributed by atoms with Gasteiger partial charge in [0.05, 0.1) is 7.11 Å². The second-order valence-corrected chi connectivity index (χ2v) is 9.11. The smallest absolute Gasteiger partial charge is 0.384 e. The van der Waals surface area contributed by atoms with E-state index in [1.165, 1.54) is 39.4 Å². The quantitative estimate of drug-likeness (QED) is 0.619. The number of para-hydroxylation sites is 1. The molecular formula is C15H19N5O7S2. The van der Waals surface area contributed by atoms with Crippen molar-refractivity contribution in [3.05, 3.63) is 36.0 Å². The third kappa shape index (κ3) is 5.75. The van der Waals surface area contributed by atoms with Crippen LogP contribution in [0.2, 0.25) is 0 Å². The molecule has 1 aromatic heterocycles. The average Bonchev–Trinajstić information content (AvgIpc) is 2.60. The Morgan fingerprint density at radius 2 is 1.76 bits per heavy atom. The van der Waals surface area contributed by atoms with Gasteiger partial charge in [0.1, 0.15) is 4.90 Å². The number of nitrogens with zero attached hydrogens (tertiary/aromatic N) is 3. The third-order valence-electron chi connectivity index (χ3n) is 3.27. The van der Waals surface area contributed by atoms with Gasteiger partial charge in [0.2, 0.25) is 11.8 Å². The number of sulfonamides is 1. The second-order valence-electron chi connectivity index (χ2n) is 5.71. The molecule has 0 spiro atoms. The molecule has 2 N–H and O–H groups in total. The zero-order chi connectivity index (χ0) is 21.8. The van der Waals surface area contributed by atoms with Crippen molar-refractivity contribution in [2.75, 3.05) is 26.5 Å². The Hall–Kier alpha value is -2.97. The van der Waals surface area contributed by atoms with Crippen LogP contribution in [0.1, 0.15) is 5.69 Å². The van der Waals surface area contributed by atoms with Gasteiger partial charge in [-0.15, -0.1) is 0 Å². The number of aryl methyl sites for hydroxylation is 1. The van der Waals surface area contributed by atoms with Gasteiger partial charge in [-0.2, -0.15) is 17.7 Å². The van der Waals surface area contributed by atoms with Crippen molar-refractivity contribution in [2.24, 2.45) is 0 Å². The van der Waals surface area contributed by atoms with Crippen LogP contribution in [-0.4, -0.2) is 58.3 Å². The van der Waals surface area contributed by atoms with E-state index in [-0.39, 0.29) is 11.8 Å². The molecule has 158 valence electrons. The van der Waals surface area contributed by atoms with E-state index in [0.717, 1.165) is 16.4 Å². The molecule has 0 fully saturated rings. The molecule has 0 saturated heterocycles. The lowest BCUT2D eigenvalue weighted by Crippen LogP contribution is -2.35. The first-order valence-corrected chi connectivity index (χ1v) is 10.7. The normalized spacial score (nSPS) is 11.8. The Labute approximate surface area is 168 Å². The number of rotatable bonds is 7. The topological polar surface area (TPSA) is 157 Å². The SMILES string of the molecule is COc1cc(C)nc(NC(=O)NS(=O)(=O)c2ccccc2OS(=O)(=O)N(C)C)n1. The van der Waals surface area contributed by atoms with Gasteiger partial charge in [-0.3, -0.25) is 5.32 Å².